The Balaban J connectivity index is 2.36. The quantitative estimate of drug-likeness (QED) is 0.770. The number of ketones is 1. The number of hydrogen-bond donors (Lipinski definition) is 0. The van der Waals surface area contributed by atoms with Gasteiger partial charge in [0.15, 0.2) is 0 Å². The molecule has 1 heterocycles. The molecule has 0 unspecified atom stereocenters. The van der Waals surface area contributed by atoms with E-state index in [1.807, 2.05) is 0 Å². The van der Waals surface area contributed by atoms with Crippen LogP contribution in [0.3, 0.4) is 0 Å². The molecule has 0 amide bonds. The zero-order valence-corrected chi connectivity index (χ0v) is 13.9. The maximum absolute atomic E-state index is 11.5. The van der Waals surface area contributed by atoms with Crippen molar-refractivity contribution in [2.75, 3.05) is 18.0 Å². The number of nitrogens with zero attached hydrogens (tertiary/aromatic N) is 1. The fourth-order valence-corrected chi connectivity index (χ4v) is 3.38. The van der Waals surface area contributed by atoms with Crippen molar-refractivity contribution in [2.24, 2.45) is 0 Å². The Morgan fingerprint density at radius 2 is 1.81 bits per heavy atom. The van der Waals surface area contributed by atoms with Crippen molar-refractivity contribution in [2.45, 2.75) is 65.7 Å². The van der Waals surface area contributed by atoms with Crippen LogP contribution in [0.5, 0.6) is 0 Å². The normalized spacial score (nSPS) is 15.3. The molecule has 1 aliphatic heterocycles. The molecule has 1 fully saturated rings. The number of carbonyl (C=O) groups is 1. The Kier molecular flexibility index (Phi) is 5.84. The van der Waals surface area contributed by atoms with Gasteiger partial charge in [-0.2, -0.15) is 0 Å². The maximum Gasteiger partial charge on any atom is 0.134 e. The first-order valence-electron chi connectivity index (χ1n) is 8.49. The average molecular weight is 287 g/mol. The molecule has 116 valence electrons. The van der Waals surface area contributed by atoms with Crippen LogP contribution in [-0.2, 0) is 17.6 Å². The first-order valence-corrected chi connectivity index (χ1v) is 8.49. The number of rotatable bonds is 6. The predicted molar refractivity (Wildman–Crippen MR) is 90.2 cm³/mol. The second-order valence-corrected chi connectivity index (χ2v) is 6.39. The number of piperidine rings is 1. The highest BCUT2D eigenvalue weighted by Gasteiger charge is 2.18. The van der Waals surface area contributed by atoms with Crippen molar-refractivity contribution in [1.82, 2.24) is 0 Å². The summed E-state index contributed by atoms with van der Waals surface area (Å²) in [5.74, 6) is 0.254. The number of unbranched alkanes of at least 4 members (excludes halogenated alkanes) is 1. The van der Waals surface area contributed by atoms with E-state index in [1.54, 1.807) is 6.92 Å². The SMILES string of the molecule is CCCCc1ccc(CC(C)=O)c(C)c1N1CCCCC1. The van der Waals surface area contributed by atoms with E-state index in [0.29, 0.717) is 6.42 Å². The first-order chi connectivity index (χ1) is 10.1. The molecule has 0 saturated carbocycles. The summed E-state index contributed by atoms with van der Waals surface area (Å²) in [4.78, 5) is 14.1. The molecule has 1 saturated heterocycles. The van der Waals surface area contributed by atoms with Gasteiger partial charge in [-0.1, -0.05) is 25.5 Å². The van der Waals surface area contributed by atoms with Gasteiger partial charge in [-0.3, -0.25) is 4.79 Å². The summed E-state index contributed by atoms with van der Waals surface area (Å²) in [5.41, 5.74) is 5.45. The van der Waals surface area contributed by atoms with Crippen molar-refractivity contribution in [3.8, 4) is 0 Å². The van der Waals surface area contributed by atoms with Crippen LogP contribution in [0.15, 0.2) is 12.1 Å². The summed E-state index contributed by atoms with van der Waals surface area (Å²) in [6.07, 6.45) is 8.14. The van der Waals surface area contributed by atoms with Crippen LogP contribution < -0.4 is 4.90 Å². The van der Waals surface area contributed by atoms with Crippen molar-refractivity contribution in [3.05, 3.63) is 28.8 Å². The molecule has 0 radical (unpaired) electrons. The Morgan fingerprint density at radius 3 is 2.43 bits per heavy atom. The summed E-state index contributed by atoms with van der Waals surface area (Å²) in [6, 6.07) is 4.44. The second kappa shape index (κ2) is 7.63. The van der Waals surface area contributed by atoms with Gasteiger partial charge in [-0.15, -0.1) is 0 Å². The van der Waals surface area contributed by atoms with E-state index in [2.05, 4.69) is 30.9 Å². The number of carbonyl (C=O) groups excluding carboxylic acids is 1. The molecule has 0 spiro atoms. The minimum Gasteiger partial charge on any atom is -0.371 e. The number of benzene rings is 1. The van der Waals surface area contributed by atoms with Gasteiger partial charge in [0.05, 0.1) is 0 Å². The van der Waals surface area contributed by atoms with E-state index >= 15 is 0 Å². The van der Waals surface area contributed by atoms with Gasteiger partial charge < -0.3 is 4.90 Å². The van der Waals surface area contributed by atoms with Gasteiger partial charge in [0.25, 0.3) is 0 Å². The smallest absolute Gasteiger partial charge is 0.134 e. The Hall–Kier alpha value is -1.31. The van der Waals surface area contributed by atoms with Crippen LogP contribution in [-0.4, -0.2) is 18.9 Å². The lowest BCUT2D eigenvalue weighted by Gasteiger charge is -2.33. The van der Waals surface area contributed by atoms with Crippen molar-refractivity contribution in [1.29, 1.82) is 0 Å². The topological polar surface area (TPSA) is 20.3 Å². The lowest BCUT2D eigenvalue weighted by molar-refractivity contribution is -0.116. The van der Waals surface area contributed by atoms with Crippen LogP contribution >= 0.6 is 0 Å². The van der Waals surface area contributed by atoms with Crippen LogP contribution in [0.4, 0.5) is 5.69 Å². The molecule has 1 aliphatic rings. The Labute approximate surface area is 129 Å². The van der Waals surface area contributed by atoms with E-state index < -0.39 is 0 Å². The molecular weight excluding hydrogens is 258 g/mol. The lowest BCUT2D eigenvalue weighted by Crippen LogP contribution is -2.31. The number of aryl methyl sites for hydroxylation is 1. The predicted octanol–water partition coefficient (Wildman–Crippen LogP) is 4.46. The molecule has 0 N–H and O–H groups in total. The van der Waals surface area contributed by atoms with Crippen molar-refractivity contribution < 1.29 is 4.79 Å². The Bertz CT molecular complexity index is 487. The maximum atomic E-state index is 11.5. The highest BCUT2D eigenvalue weighted by molar-refractivity contribution is 5.79. The molecular formula is C19H29NO. The zero-order valence-electron chi connectivity index (χ0n) is 13.9. The second-order valence-electron chi connectivity index (χ2n) is 6.39. The van der Waals surface area contributed by atoms with Gasteiger partial charge >= 0.3 is 0 Å². The zero-order chi connectivity index (χ0) is 15.2. The van der Waals surface area contributed by atoms with Crippen LogP contribution in [0.2, 0.25) is 0 Å². The van der Waals surface area contributed by atoms with Crippen molar-refractivity contribution >= 4 is 11.5 Å². The fourth-order valence-electron chi connectivity index (χ4n) is 3.38. The van der Waals surface area contributed by atoms with Crippen LogP contribution in [0.1, 0.15) is 62.6 Å². The molecule has 1 aromatic rings. The molecule has 1 aromatic carbocycles. The summed E-state index contributed by atoms with van der Waals surface area (Å²) in [7, 11) is 0. The summed E-state index contributed by atoms with van der Waals surface area (Å²) < 4.78 is 0. The molecule has 2 nitrogen and oxygen atoms in total. The van der Waals surface area contributed by atoms with Crippen LogP contribution in [0.25, 0.3) is 0 Å². The third kappa shape index (κ3) is 4.09. The van der Waals surface area contributed by atoms with Crippen molar-refractivity contribution in [3.63, 3.8) is 0 Å². The van der Waals surface area contributed by atoms with Gasteiger partial charge in [0.1, 0.15) is 5.78 Å². The molecule has 0 atom stereocenters. The number of Topliss-reactive ketones (excluding diaryl/α,β-unsaturated/α-hetero) is 1. The van der Waals surface area contributed by atoms with Gasteiger partial charge in [-0.25, -0.2) is 0 Å². The van der Waals surface area contributed by atoms with Gasteiger partial charge in [0, 0.05) is 25.2 Å². The summed E-state index contributed by atoms with van der Waals surface area (Å²) >= 11 is 0. The third-order valence-corrected chi connectivity index (χ3v) is 4.54. The first kappa shape index (κ1) is 16.1. The molecule has 0 aliphatic carbocycles. The monoisotopic (exact) mass is 287 g/mol. The van der Waals surface area contributed by atoms with E-state index in [-0.39, 0.29) is 5.78 Å². The standard InChI is InChI=1S/C19H29NO/c1-4-5-9-17-10-11-18(14-15(2)21)16(3)19(17)20-12-7-6-8-13-20/h10-11H,4-9,12-14H2,1-3H3. The van der Waals surface area contributed by atoms with Gasteiger partial charge in [-0.05, 0) is 62.6 Å². The van der Waals surface area contributed by atoms with Gasteiger partial charge in [0.2, 0.25) is 0 Å². The average Bonchev–Trinajstić information content (AvgIpc) is 2.48. The highest BCUT2D eigenvalue weighted by Crippen LogP contribution is 2.32. The third-order valence-electron chi connectivity index (χ3n) is 4.54. The van der Waals surface area contributed by atoms with E-state index in [9.17, 15) is 4.79 Å². The number of hydrogen-bond acceptors (Lipinski definition) is 2. The molecule has 2 heteroatoms. The fraction of sp³-hybridized carbons (Fsp3) is 0.632. The highest BCUT2D eigenvalue weighted by atomic mass is 16.1. The van der Waals surface area contributed by atoms with Crippen LogP contribution in [0, 0.1) is 6.92 Å². The molecule has 2 rings (SSSR count). The lowest BCUT2D eigenvalue weighted by atomic mass is 9.94. The minimum absolute atomic E-state index is 0.254. The number of anilines is 1. The Morgan fingerprint density at radius 1 is 1.14 bits per heavy atom. The summed E-state index contributed by atoms with van der Waals surface area (Å²) in [6.45, 7) is 8.48. The minimum atomic E-state index is 0.254. The van der Waals surface area contributed by atoms with E-state index in [1.165, 1.54) is 67.6 Å². The largest absolute Gasteiger partial charge is 0.371 e. The summed E-state index contributed by atoms with van der Waals surface area (Å²) in [5, 5.41) is 0. The van der Waals surface area contributed by atoms with E-state index in [4.69, 9.17) is 0 Å². The molecule has 0 aromatic heterocycles. The molecule has 0 bridgehead atoms. The molecule has 21 heavy (non-hydrogen) atoms. The van der Waals surface area contributed by atoms with E-state index in [0.717, 1.165) is 6.42 Å².